The van der Waals surface area contributed by atoms with Crippen LogP contribution in [0, 0.1) is 5.92 Å². The Morgan fingerprint density at radius 2 is 1.83 bits per heavy atom. The van der Waals surface area contributed by atoms with E-state index in [1.165, 1.54) is 12.3 Å². The number of unbranched alkanes of at least 4 members (excludes halogenated alkanes) is 2. The third-order valence-corrected chi connectivity index (χ3v) is 6.80. The number of nitrogens with zero attached hydrogens (tertiary/aromatic N) is 2. The van der Waals surface area contributed by atoms with E-state index < -0.39 is 11.7 Å². The fraction of sp³-hybridized carbons (Fsp3) is 0.607. The van der Waals surface area contributed by atoms with Crippen LogP contribution in [0.2, 0.25) is 0 Å². The fourth-order valence-electron chi connectivity index (χ4n) is 4.53. The van der Waals surface area contributed by atoms with Crippen LogP contribution < -0.4 is 5.32 Å². The van der Waals surface area contributed by atoms with Gasteiger partial charge in [-0.1, -0.05) is 53.4 Å². The third kappa shape index (κ3) is 7.50. The lowest BCUT2D eigenvalue weighted by atomic mass is 9.84. The van der Waals surface area contributed by atoms with Crippen molar-refractivity contribution >= 4 is 11.7 Å². The molecular weight excluding hydrogens is 470 g/mol. The number of pyridine rings is 2. The molecule has 0 aromatic carbocycles. The summed E-state index contributed by atoms with van der Waals surface area (Å²) >= 11 is 0. The van der Waals surface area contributed by atoms with Gasteiger partial charge in [-0.2, -0.15) is 13.2 Å². The van der Waals surface area contributed by atoms with E-state index in [4.69, 9.17) is 4.98 Å². The quantitative estimate of drug-likeness (QED) is 0.257. The average molecular weight is 510 g/mol. The number of hydrogen-bond acceptors (Lipinski definition) is 3. The maximum absolute atomic E-state index is 13.9. The second-order valence-electron chi connectivity index (χ2n) is 9.66. The number of halogens is 4. The Morgan fingerprint density at radius 3 is 2.36 bits per heavy atom. The van der Waals surface area contributed by atoms with Gasteiger partial charge >= 0.3 is 6.18 Å². The highest BCUT2D eigenvalue weighted by Crippen LogP contribution is 2.39. The summed E-state index contributed by atoms with van der Waals surface area (Å²) in [7, 11) is 0.500. The molecule has 1 unspecified atom stereocenters. The van der Waals surface area contributed by atoms with Gasteiger partial charge in [0.15, 0.2) is 0 Å². The smallest absolute Gasteiger partial charge is 0.310 e. The highest BCUT2D eigenvalue weighted by atomic mass is 19.4. The molecule has 0 spiro atoms. The van der Waals surface area contributed by atoms with Crippen LogP contribution in [0.15, 0.2) is 24.4 Å². The summed E-state index contributed by atoms with van der Waals surface area (Å²) in [6.07, 6.45) is 4.44. The SMILES string of the molecule is CCCCCC(CC)c1cc(C(F)(F)F)cc(-c2ccnc(NC(=O)C3CCC3)c2C(C)C)n1.CF. The van der Waals surface area contributed by atoms with Crippen LogP contribution in [0.3, 0.4) is 0 Å². The first-order valence-electron chi connectivity index (χ1n) is 12.9. The summed E-state index contributed by atoms with van der Waals surface area (Å²) in [5.41, 5.74) is 1.38. The molecule has 2 heterocycles. The minimum Gasteiger partial charge on any atom is -0.310 e. The molecule has 0 radical (unpaired) electrons. The minimum absolute atomic E-state index is 0.0165. The number of alkyl halides is 4. The first kappa shape index (κ1) is 29.7. The average Bonchev–Trinajstić information content (AvgIpc) is 2.81. The van der Waals surface area contributed by atoms with Crippen molar-refractivity contribution in [1.82, 2.24) is 9.97 Å². The van der Waals surface area contributed by atoms with Crippen molar-refractivity contribution in [2.24, 2.45) is 5.92 Å². The van der Waals surface area contributed by atoms with E-state index >= 15 is 0 Å². The number of nitrogens with one attached hydrogen (secondary N) is 1. The van der Waals surface area contributed by atoms with E-state index in [0.29, 0.717) is 29.8 Å². The van der Waals surface area contributed by atoms with Gasteiger partial charge in [0.25, 0.3) is 0 Å². The van der Waals surface area contributed by atoms with Gasteiger partial charge in [0.2, 0.25) is 5.91 Å². The fourth-order valence-corrected chi connectivity index (χ4v) is 4.53. The number of aromatic nitrogens is 2. The Hall–Kier alpha value is -2.51. The molecule has 3 rings (SSSR count). The highest BCUT2D eigenvalue weighted by molar-refractivity contribution is 5.93. The Labute approximate surface area is 212 Å². The first-order chi connectivity index (χ1) is 17.2. The highest BCUT2D eigenvalue weighted by Gasteiger charge is 2.33. The zero-order valence-electron chi connectivity index (χ0n) is 22.0. The molecule has 1 aliphatic carbocycles. The Kier molecular flexibility index (Phi) is 11.3. The zero-order valence-corrected chi connectivity index (χ0v) is 22.0. The molecule has 0 saturated heterocycles. The van der Waals surface area contributed by atoms with Gasteiger partial charge in [-0.3, -0.25) is 14.2 Å². The van der Waals surface area contributed by atoms with Gasteiger partial charge in [0, 0.05) is 34.9 Å². The molecule has 1 aliphatic rings. The molecule has 1 N–H and O–H groups in total. The maximum Gasteiger partial charge on any atom is 0.416 e. The summed E-state index contributed by atoms with van der Waals surface area (Å²) < 4.78 is 51.2. The Balaban J connectivity index is 0.00000222. The van der Waals surface area contributed by atoms with Crippen molar-refractivity contribution < 1.29 is 22.4 Å². The van der Waals surface area contributed by atoms with E-state index in [-0.39, 0.29) is 29.4 Å². The second-order valence-corrected chi connectivity index (χ2v) is 9.66. The van der Waals surface area contributed by atoms with Gasteiger partial charge < -0.3 is 5.32 Å². The van der Waals surface area contributed by atoms with Crippen LogP contribution in [0.25, 0.3) is 11.3 Å². The van der Waals surface area contributed by atoms with Crippen molar-refractivity contribution in [2.45, 2.75) is 97.1 Å². The van der Waals surface area contributed by atoms with E-state index in [1.807, 2.05) is 20.8 Å². The molecule has 200 valence electrons. The number of anilines is 1. The normalized spacial score (nSPS) is 14.6. The van der Waals surface area contributed by atoms with Crippen molar-refractivity contribution in [3.63, 3.8) is 0 Å². The Bertz CT molecular complexity index is 987. The van der Waals surface area contributed by atoms with Gasteiger partial charge in [-0.05, 0) is 49.8 Å². The predicted molar refractivity (Wildman–Crippen MR) is 137 cm³/mol. The predicted octanol–water partition coefficient (Wildman–Crippen LogP) is 8.68. The van der Waals surface area contributed by atoms with Crippen LogP contribution in [-0.4, -0.2) is 23.1 Å². The molecular formula is C28H39F4N3O. The molecule has 2 aromatic rings. The number of rotatable bonds is 10. The van der Waals surface area contributed by atoms with Crippen LogP contribution in [0.1, 0.15) is 108 Å². The number of carbonyl (C=O) groups excluding carboxylic acids is 1. The first-order valence-corrected chi connectivity index (χ1v) is 12.9. The third-order valence-electron chi connectivity index (χ3n) is 6.80. The number of hydrogen-bond donors (Lipinski definition) is 1. The molecule has 36 heavy (non-hydrogen) atoms. The molecule has 1 amide bonds. The number of amides is 1. The van der Waals surface area contributed by atoms with E-state index in [1.54, 1.807) is 6.07 Å². The maximum atomic E-state index is 13.9. The minimum atomic E-state index is -4.47. The van der Waals surface area contributed by atoms with Crippen LogP contribution >= 0.6 is 0 Å². The molecule has 4 nitrogen and oxygen atoms in total. The summed E-state index contributed by atoms with van der Waals surface area (Å²) in [6, 6.07) is 4.04. The molecule has 1 atom stereocenters. The van der Waals surface area contributed by atoms with Gasteiger partial charge in [-0.15, -0.1) is 0 Å². The lowest BCUT2D eigenvalue weighted by molar-refractivity contribution is -0.137. The zero-order chi connectivity index (χ0) is 26.9. The monoisotopic (exact) mass is 509 g/mol. The Morgan fingerprint density at radius 1 is 1.14 bits per heavy atom. The van der Waals surface area contributed by atoms with E-state index in [9.17, 15) is 22.4 Å². The van der Waals surface area contributed by atoms with Crippen LogP contribution in [-0.2, 0) is 11.0 Å². The summed E-state index contributed by atoms with van der Waals surface area (Å²) in [5, 5.41) is 2.93. The largest absolute Gasteiger partial charge is 0.416 e. The topological polar surface area (TPSA) is 54.9 Å². The lowest BCUT2D eigenvalue weighted by Crippen LogP contribution is -2.29. The van der Waals surface area contributed by atoms with Gasteiger partial charge in [-0.25, -0.2) is 4.98 Å². The standard InChI is InChI=1S/C27H36F3N3O.CH3F/c1-5-7-8-10-18(6-2)22-15-20(27(28,29)30)16-23(32-22)21-13-14-31-25(24(21)17(3)4)33-26(34)19-11-9-12-19;1-2/h13-19H,5-12H2,1-4H3,(H,31,33,34);1H3. The van der Waals surface area contributed by atoms with Crippen molar-refractivity contribution in [3.8, 4) is 11.3 Å². The molecule has 0 bridgehead atoms. The van der Waals surface area contributed by atoms with Gasteiger partial charge in [0.1, 0.15) is 5.82 Å². The van der Waals surface area contributed by atoms with E-state index in [0.717, 1.165) is 57.4 Å². The van der Waals surface area contributed by atoms with Crippen molar-refractivity contribution in [1.29, 1.82) is 0 Å². The molecule has 8 heteroatoms. The lowest BCUT2D eigenvalue weighted by Gasteiger charge is -2.25. The molecule has 2 aromatic heterocycles. The molecule has 0 aliphatic heterocycles. The van der Waals surface area contributed by atoms with Gasteiger partial charge in [0.05, 0.1) is 18.4 Å². The molecule has 1 fully saturated rings. The van der Waals surface area contributed by atoms with Crippen molar-refractivity contribution in [3.05, 3.63) is 41.2 Å². The van der Waals surface area contributed by atoms with Crippen LogP contribution in [0.4, 0.5) is 23.4 Å². The summed E-state index contributed by atoms with van der Waals surface area (Å²) in [4.78, 5) is 21.7. The summed E-state index contributed by atoms with van der Waals surface area (Å²) in [5.74, 6) is 0.233. The number of carbonyl (C=O) groups is 1. The van der Waals surface area contributed by atoms with Crippen molar-refractivity contribution in [2.75, 3.05) is 12.5 Å². The van der Waals surface area contributed by atoms with E-state index in [2.05, 4.69) is 17.2 Å². The van der Waals surface area contributed by atoms with Crippen LogP contribution in [0.5, 0.6) is 0 Å². The molecule has 1 saturated carbocycles. The summed E-state index contributed by atoms with van der Waals surface area (Å²) in [6.45, 7) is 8.01. The second kappa shape index (κ2) is 13.7.